The molecule has 8 heteroatoms. The van der Waals surface area contributed by atoms with Gasteiger partial charge >= 0.3 is 0 Å². The van der Waals surface area contributed by atoms with E-state index in [2.05, 4.69) is 4.98 Å². The Labute approximate surface area is 152 Å². The molecule has 3 N–H and O–H groups in total. The maximum atomic E-state index is 12.8. The lowest BCUT2D eigenvalue weighted by atomic mass is 9.92. The fraction of sp³-hybridized carbons (Fsp3) is 0.235. The second-order valence-electron chi connectivity index (χ2n) is 6.36. The smallest absolute Gasteiger partial charge is 0.224 e. The Kier molecular flexibility index (Phi) is 4.30. The normalized spacial score (nSPS) is 11.8. The average molecular weight is 378 g/mol. The van der Waals surface area contributed by atoms with E-state index in [1.165, 1.54) is 22.1 Å². The van der Waals surface area contributed by atoms with E-state index in [9.17, 15) is 14.7 Å². The van der Waals surface area contributed by atoms with Gasteiger partial charge in [0.25, 0.3) is 0 Å². The molecular formula is C17H16ClN3O3S. The van der Waals surface area contributed by atoms with Crippen molar-refractivity contribution < 1.29 is 14.7 Å². The fourth-order valence-corrected chi connectivity index (χ4v) is 3.38. The summed E-state index contributed by atoms with van der Waals surface area (Å²) in [5, 5.41) is 12.9. The Bertz CT molecular complexity index is 977. The summed E-state index contributed by atoms with van der Waals surface area (Å²) < 4.78 is 1.46. The molecule has 0 saturated heterocycles. The number of hydrogen-bond donors (Lipinski definition) is 2. The molecule has 0 bridgehead atoms. The standard InChI is InChI=1S/C17H16ClN3O3S/c1-17(2,16(19)24)8-21-10-6-9(18)7-20-13(10)12(15(21)23)14(22)11-4-3-5-25-11/h3-7,23H,8H2,1-2H3,(H2,19,24). The largest absolute Gasteiger partial charge is 0.494 e. The van der Waals surface area contributed by atoms with Crippen LogP contribution in [0.3, 0.4) is 0 Å². The number of nitrogens with zero attached hydrogens (tertiary/aromatic N) is 2. The van der Waals surface area contributed by atoms with Gasteiger partial charge in [0.2, 0.25) is 17.6 Å². The van der Waals surface area contributed by atoms with Crippen LogP contribution in [0.25, 0.3) is 11.0 Å². The highest BCUT2D eigenvalue weighted by atomic mass is 35.5. The molecule has 0 aliphatic rings. The lowest BCUT2D eigenvalue weighted by Crippen LogP contribution is -2.35. The van der Waals surface area contributed by atoms with Gasteiger partial charge in [0.15, 0.2) is 0 Å². The number of aromatic nitrogens is 2. The number of rotatable bonds is 5. The molecule has 0 spiro atoms. The number of nitrogens with two attached hydrogens (primary N) is 1. The summed E-state index contributed by atoms with van der Waals surface area (Å²) in [4.78, 5) is 29.2. The van der Waals surface area contributed by atoms with Crippen molar-refractivity contribution in [2.24, 2.45) is 11.1 Å². The third-order valence-corrected chi connectivity index (χ3v) is 5.11. The van der Waals surface area contributed by atoms with Crippen molar-refractivity contribution in [1.82, 2.24) is 9.55 Å². The zero-order chi connectivity index (χ0) is 18.4. The molecule has 1 amide bonds. The predicted molar refractivity (Wildman–Crippen MR) is 97.1 cm³/mol. The number of carbonyl (C=O) groups is 2. The van der Waals surface area contributed by atoms with Gasteiger partial charge < -0.3 is 15.4 Å². The summed E-state index contributed by atoms with van der Waals surface area (Å²) in [5.41, 5.74) is 5.41. The van der Waals surface area contributed by atoms with E-state index in [0.717, 1.165) is 0 Å². The molecular weight excluding hydrogens is 362 g/mol. The van der Waals surface area contributed by atoms with E-state index in [1.807, 2.05) is 0 Å². The average Bonchev–Trinajstić information content (AvgIpc) is 3.15. The number of ketones is 1. The van der Waals surface area contributed by atoms with E-state index in [-0.39, 0.29) is 23.8 Å². The molecule has 0 atom stereocenters. The predicted octanol–water partition coefficient (Wildman–Crippen LogP) is 3.20. The first-order valence-corrected chi connectivity index (χ1v) is 8.73. The molecule has 0 aliphatic heterocycles. The Balaban J connectivity index is 2.24. The third kappa shape index (κ3) is 3.01. The van der Waals surface area contributed by atoms with Gasteiger partial charge in [-0.2, -0.15) is 0 Å². The van der Waals surface area contributed by atoms with Gasteiger partial charge in [-0.15, -0.1) is 11.3 Å². The molecule has 0 radical (unpaired) electrons. The van der Waals surface area contributed by atoms with Crippen LogP contribution in [0.5, 0.6) is 5.88 Å². The van der Waals surface area contributed by atoms with Crippen LogP contribution < -0.4 is 5.73 Å². The maximum Gasteiger partial charge on any atom is 0.224 e. The van der Waals surface area contributed by atoms with Crippen molar-refractivity contribution in [2.75, 3.05) is 0 Å². The van der Waals surface area contributed by atoms with Gasteiger partial charge in [-0.3, -0.25) is 14.6 Å². The van der Waals surface area contributed by atoms with E-state index in [1.54, 1.807) is 37.4 Å². The SMILES string of the molecule is CC(C)(Cn1c(O)c(C(=O)c2cccs2)c2ncc(Cl)cc21)C(N)=O. The number of amides is 1. The monoisotopic (exact) mass is 377 g/mol. The highest BCUT2D eigenvalue weighted by Crippen LogP contribution is 2.36. The Morgan fingerprint density at radius 2 is 2.16 bits per heavy atom. The molecule has 0 fully saturated rings. The minimum Gasteiger partial charge on any atom is -0.494 e. The lowest BCUT2D eigenvalue weighted by molar-refractivity contribution is -0.126. The van der Waals surface area contributed by atoms with Crippen LogP contribution in [0.1, 0.15) is 29.1 Å². The number of carbonyl (C=O) groups excluding carboxylic acids is 2. The second kappa shape index (κ2) is 6.16. The highest BCUT2D eigenvalue weighted by Gasteiger charge is 2.31. The number of halogens is 1. The van der Waals surface area contributed by atoms with E-state index < -0.39 is 11.3 Å². The summed E-state index contributed by atoms with van der Waals surface area (Å²) in [7, 11) is 0. The van der Waals surface area contributed by atoms with Crippen LogP contribution in [-0.2, 0) is 11.3 Å². The molecule has 0 aliphatic carbocycles. The van der Waals surface area contributed by atoms with Crippen LogP contribution in [0.15, 0.2) is 29.8 Å². The van der Waals surface area contributed by atoms with Gasteiger partial charge in [-0.25, -0.2) is 0 Å². The van der Waals surface area contributed by atoms with Crippen LogP contribution in [0.2, 0.25) is 5.02 Å². The zero-order valence-electron chi connectivity index (χ0n) is 13.6. The minimum absolute atomic E-state index is 0.0877. The Morgan fingerprint density at radius 3 is 2.76 bits per heavy atom. The van der Waals surface area contributed by atoms with Crippen LogP contribution in [-0.4, -0.2) is 26.3 Å². The quantitative estimate of drug-likeness (QED) is 0.667. The number of aromatic hydroxyl groups is 1. The lowest BCUT2D eigenvalue weighted by Gasteiger charge is -2.22. The molecule has 6 nitrogen and oxygen atoms in total. The van der Waals surface area contributed by atoms with Crippen molar-refractivity contribution in [3.8, 4) is 5.88 Å². The molecule has 25 heavy (non-hydrogen) atoms. The minimum atomic E-state index is -0.936. The topological polar surface area (TPSA) is 98.2 Å². The molecule has 3 rings (SSSR count). The van der Waals surface area contributed by atoms with E-state index >= 15 is 0 Å². The molecule has 3 aromatic heterocycles. The fourth-order valence-electron chi connectivity index (χ4n) is 2.56. The molecule has 3 heterocycles. The molecule has 0 aromatic carbocycles. The van der Waals surface area contributed by atoms with Crippen molar-refractivity contribution >= 4 is 45.7 Å². The zero-order valence-corrected chi connectivity index (χ0v) is 15.2. The van der Waals surface area contributed by atoms with Gasteiger partial charge in [0, 0.05) is 12.7 Å². The van der Waals surface area contributed by atoms with Crippen molar-refractivity contribution in [3.63, 3.8) is 0 Å². The van der Waals surface area contributed by atoms with Gasteiger partial charge in [-0.05, 0) is 31.4 Å². The Hall–Kier alpha value is -2.38. The first kappa shape index (κ1) is 17.4. The summed E-state index contributed by atoms with van der Waals surface area (Å²) in [6, 6.07) is 5.04. The van der Waals surface area contributed by atoms with Crippen molar-refractivity contribution in [3.05, 3.63) is 45.2 Å². The van der Waals surface area contributed by atoms with Gasteiger partial charge in [0.1, 0.15) is 11.1 Å². The first-order chi connectivity index (χ1) is 11.7. The number of primary amides is 1. The summed E-state index contributed by atoms with van der Waals surface area (Å²) in [6.07, 6.45) is 1.41. The molecule has 0 unspecified atom stereocenters. The molecule has 0 saturated carbocycles. The number of fused-ring (bicyclic) bond motifs is 1. The third-order valence-electron chi connectivity index (χ3n) is 4.03. The summed E-state index contributed by atoms with van der Waals surface area (Å²) in [5.74, 6) is -1.10. The number of thiophene rings is 1. The summed E-state index contributed by atoms with van der Waals surface area (Å²) >= 11 is 7.31. The van der Waals surface area contributed by atoms with Crippen LogP contribution in [0, 0.1) is 5.41 Å². The van der Waals surface area contributed by atoms with E-state index in [0.29, 0.717) is 20.9 Å². The van der Waals surface area contributed by atoms with Crippen molar-refractivity contribution in [2.45, 2.75) is 20.4 Å². The van der Waals surface area contributed by atoms with Crippen LogP contribution in [0.4, 0.5) is 0 Å². The summed E-state index contributed by atoms with van der Waals surface area (Å²) in [6.45, 7) is 3.42. The van der Waals surface area contributed by atoms with Crippen molar-refractivity contribution in [1.29, 1.82) is 0 Å². The number of pyridine rings is 1. The maximum absolute atomic E-state index is 12.8. The molecule has 3 aromatic rings. The molecule has 130 valence electrons. The van der Waals surface area contributed by atoms with Crippen LogP contribution >= 0.6 is 22.9 Å². The van der Waals surface area contributed by atoms with Gasteiger partial charge in [-0.1, -0.05) is 17.7 Å². The van der Waals surface area contributed by atoms with E-state index in [4.69, 9.17) is 17.3 Å². The number of hydrogen-bond acceptors (Lipinski definition) is 5. The highest BCUT2D eigenvalue weighted by molar-refractivity contribution is 7.12. The van der Waals surface area contributed by atoms with Gasteiger partial charge in [0.05, 0.1) is 20.8 Å². The first-order valence-electron chi connectivity index (χ1n) is 7.47. The second-order valence-corrected chi connectivity index (χ2v) is 7.74. The Morgan fingerprint density at radius 1 is 1.44 bits per heavy atom.